The van der Waals surface area contributed by atoms with Crippen LogP contribution in [-0.2, 0) is 11.2 Å². The summed E-state index contributed by atoms with van der Waals surface area (Å²) in [6.07, 6.45) is 2.47. The van der Waals surface area contributed by atoms with Gasteiger partial charge in [0.15, 0.2) is 0 Å². The van der Waals surface area contributed by atoms with E-state index in [0.717, 1.165) is 25.1 Å². The fourth-order valence-electron chi connectivity index (χ4n) is 2.22. The Balaban J connectivity index is 1.98. The van der Waals surface area contributed by atoms with Crippen molar-refractivity contribution in [3.8, 4) is 0 Å². The SMILES string of the molecule is CC(CN)CCC(=O)N1CCc2ccccc21. The first-order valence-electron chi connectivity index (χ1n) is 6.30. The van der Waals surface area contributed by atoms with Gasteiger partial charge in [-0.05, 0) is 36.9 Å². The van der Waals surface area contributed by atoms with Crippen molar-refractivity contribution in [2.24, 2.45) is 11.7 Å². The molecule has 1 aromatic carbocycles. The van der Waals surface area contributed by atoms with E-state index in [0.29, 0.717) is 18.9 Å². The van der Waals surface area contributed by atoms with Gasteiger partial charge in [0, 0.05) is 18.7 Å². The van der Waals surface area contributed by atoms with Crippen LogP contribution in [0.15, 0.2) is 24.3 Å². The zero-order valence-corrected chi connectivity index (χ0v) is 10.4. The van der Waals surface area contributed by atoms with Gasteiger partial charge in [0.1, 0.15) is 0 Å². The average molecular weight is 232 g/mol. The summed E-state index contributed by atoms with van der Waals surface area (Å²) in [5.41, 5.74) is 7.94. The second-order valence-electron chi connectivity index (χ2n) is 4.80. The molecule has 2 N–H and O–H groups in total. The lowest BCUT2D eigenvalue weighted by atomic mass is 10.1. The van der Waals surface area contributed by atoms with Crippen molar-refractivity contribution in [3.05, 3.63) is 29.8 Å². The highest BCUT2D eigenvalue weighted by Crippen LogP contribution is 2.28. The molecule has 1 atom stereocenters. The van der Waals surface area contributed by atoms with E-state index in [1.54, 1.807) is 0 Å². The van der Waals surface area contributed by atoms with Gasteiger partial charge < -0.3 is 10.6 Å². The molecule has 0 spiro atoms. The third-order valence-electron chi connectivity index (χ3n) is 3.44. The van der Waals surface area contributed by atoms with Crippen LogP contribution in [0.2, 0.25) is 0 Å². The van der Waals surface area contributed by atoms with Crippen LogP contribution in [0.3, 0.4) is 0 Å². The van der Waals surface area contributed by atoms with E-state index in [1.165, 1.54) is 5.56 Å². The van der Waals surface area contributed by atoms with Gasteiger partial charge in [-0.2, -0.15) is 0 Å². The zero-order valence-electron chi connectivity index (χ0n) is 10.4. The number of amides is 1. The zero-order chi connectivity index (χ0) is 12.3. The van der Waals surface area contributed by atoms with Crippen molar-refractivity contribution in [3.63, 3.8) is 0 Å². The number of carbonyl (C=O) groups is 1. The molecule has 0 aromatic heterocycles. The highest BCUT2D eigenvalue weighted by Gasteiger charge is 2.23. The number of hydrogen-bond donors (Lipinski definition) is 1. The Morgan fingerprint density at radius 3 is 3.00 bits per heavy atom. The lowest BCUT2D eigenvalue weighted by molar-refractivity contribution is -0.118. The minimum atomic E-state index is 0.232. The maximum absolute atomic E-state index is 12.1. The van der Waals surface area contributed by atoms with Gasteiger partial charge in [-0.25, -0.2) is 0 Å². The number of hydrogen-bond acceptors (Lipinski definition) is 2. The number of carbonyl (C=O) groups excluding carboxylic acids is 1. The Labute approximate surface area is 103 Å². The summed E-state index contributed by atoms with van der Waals surface area (Å²) < 4.78 is 0. The van der Waals surface area contributed by atoms with Crippen LogP contribution in [0, 0.1) is 5.92 Å². The summed E-state index contributed by atoms with van der Waals surface area (Å²) in [4.78, 5) is 14.0. The molecule has 0 saturated carbocycles. The molecule has 3 heteroatoms. The van der Waals surface area contributed by atoms with Crippen LogP contribution in [0.5, 0.6) is 0 Å². The Kier molecular flexibility index (Phi) is 3.79. The first kappa shape index (κ1) is 12.1. The Hall–Kier alpha value is -1.35. The topological polar surface area (TPSA) is 46.3 Å². The van der Waals surface area contributed by atoms with Gasteiger partial charge in [0.05, 0.1) is 0 Å². The molecule has 92 valence electrons. The highest BCUT2D eigenvalue weighted by atomic mass is 16.2. The van der Waals surface area contributed by atoms with Crippen LogP contribution in [-0.4, -0.2) is 19.0 Å². The second kappa shape index (κ2) is 5.32. The molecule has 0 saturated heterocycles. The summed E-state index contributed by atoms with van der Waals surface area (Å²) >= 11 is 0. The van der Waals surface area contributed by atoms with Crippen LogP contribution in [0.1, 0.15) is 25.3 Å². The first-order valence-corrected chi connectivity index (χ1v) is 6.30. The molecule has 0 fully saturated rings. The average Bonchev–Trinajstić information content (AvgIpc) is 2.79. The molecule has 0 aliphatic carbocycles. The minimum Gasteiger partial charge on any atom is -0.330 e. The number of fused-ring (bicyclic) bond motifs is 1. The number of nitrogens with zero attached hydrogens (tertiary/aromatic N) is 1. The molecule has 1 aliphatic heterocycles. The summed E-state index contributed by atoms with van der Waals surface area (Å²) in [5, 5.41) is 0. The molecule has 1 aliphatic rings. The van der Waals surface area contributed by atoms with E-state index in [9.17, 15) is 4.79 Å². The number of rotatable bonds is 4. The van der Waals surface area contributed by atoms with Gasteiger partial charge in [-0.1, -0.05) is 25.1 Å². The molecular weight excluding hydrogens is 212 g/mol. The normalized spacial score (nSPS) is 15.8. The predicted molar refractivity (Wildman–Crippen MR) is 70.0 cm³/mol. The third kappa shape index (κ3) is 2.67. The van der Waals surface area contributed by atoms with E-state index in [1.807, 2.05) is 23.1 Å². The summed E-state index contributed by atoms with van der Waals surface area (Å²) in [5.74, 6) is 0.659. The summed E-state index contributed by atoms with van der Waals surface area (Å²) in [7, 11) is 0. The molecule has 0 bridgehead atoms. The van der Waals surface area contributed by atoms with Gasteiger partial charge in [0.25, 0.3) is 0 Å². The maximum atomic E-state index is 12.1. The molecule has 0 radical (unpaired) electrons. The van der Waals surface area contributed by atoms with E-state index < -0.39 is 0 Å². The Morgan fingerprint density at radius 1 is 1.47 bits per heavy atom. The Bertz CT molecular complexity index is 403. The smallest absolute Gasteiger partial charge is 0.227 e. The van der Waals surface area contributed by atoms with Crippen LogP contribution >= 0.6 is 0 Å². The van der Waals surface area contributed by atoms with E-state index in [-0.39, 0.29) is 5.91 Å². The fourth-order valence-corrected chi connectivity index (χ4v) is 2.22. The second-order valence-corrected chi connectivity index (χ2v) is 4.80. The number of nitrogens with two attached hydrogens (primary N) is 1. The Morgan fingerprint density at radius 2 is 2.24 bits per heavy atom. The van der Waals surface area contributed by atoms with Crippen LogP contribution in [0.25, 0.3) is 0 Å². The van der Waals surface area contributed by atoms with Crippen molar-refractivity contribution in [2.45, 2.75) is 26.2 Å². The number of para-hydroxylation sites is 1. The largest absolute Gasteiger partial charge is 0.330 e. The lowest BCUT2D eigenvalue weighted by Crippen LogP contribution is -2.29. The van der Waals surface area contributed by atoms with Crippen molar-refractivity contribution >= 4 is 11.6 Å². The van der Waals surface area contributed by atoms with E-state index in [2.05, 4.69) is 13.0 Å². The predicted octanol–water partition coefficient (Wildman–Crippen LogP) is 1.95. The quantitative estimate of drug-likeness (QED) is 0.862. The molecule has 1 unspecified atom stereocenters. The van der Waals surface area contributed by atoms with Crippen molar-refractivity contribution in [1.82, 2.24) is 0 Å². The maximum Gasteiger partial charge on any atom is 0.227 e. The monoisotopic (exact) mass is 232 g/mol. The minimum absolute atomic E-state index is 0.232. The molecule has 1 heterocycles. The third-order valence-corrected chi connectivity index (χ3v) is 3.44. The molecular formula is C14H20N2O. The summed E-state index contributed by atoms with van der Waals surface area (Å²) in [6.45, 7) is 3.57. The van der Waals surface area contributed by atoms with Crippen molar-refractivity contribution in [1.29, 1.82) is 0 Å². The van der Waals surface area contributed by atoms with E-state index >= 15 is 0 Å². The fraction of sp³-hybridized carbons (Fsp3) is 0.500. The first-order chi connectivity index (χ1) is 8.22. The van der Waals surface area contributed by atoms with E-state index in [4.69, 9.17) is 5.73 Å². The van der Waals surface area contributed by atoms with Crippen LogP contribution < -0.4 is 10.6 Å². The summed E-state index contributed by atoms with van der Waals surface area (Å²) in [6, 6.07) is 8.16. The van der Waals surface area contributed by atoms with Gasteiger partial charge in [0.2, 0.25) is 5.91 Å². The molecule has 2 rings (SSSR count). The highest BCUT2D eigenvalue weighted by molar-refractivity contribution is 5.95. The molecule has 17 heavy (non-hydrogen) atoms. The molecule has 1 aromatic rings. The number of benzene rings is 1. The van der Waals surface area contributed by atoms with Gasteiger partial charge in [-0.15, -0.1) is 0 Å². The molecule has 1 amide bonds. The van der Waals surface area contributed by atoms with Gasteiger partial charge in [-0.3, -0.25) is 4.79 Å². The van der Waals surface area contributed by atoms with Crippen molar-refractivity contribution < 1.29 is 4.79 Å². The lowest BCUT2D eigenvalue weighted by Gasteiger charge is -2.18. The van der Waals surface area contributed by atoms with Crippen LogP contribution in [0.4, 0.5) is 5.69 Å². The number of anilines is 1. The van der Waals surface area contributed by atoms with Crippen molar-refractivity contribution in [2.75, 3.05) is 18.0 Å². The standard InChI is InChI=1S/C14H20N2O/c1-11(10-15)6-7-14(17)16-9-8-12-4-2-3-5-13(12)16/h2-5,11H,6-10,15H2,1H3. The molecule has 3 nitrogen and oxygen atoms in total. The van der Waals surface area contributed by atoms with Gasteiger partial charge >= 0.3 is 0 Å².